The number of carbonyl (C=O) groups is 2. The third-order valence-corrected chi connectivity index (χ3v) is 8.16. The number of amides is 2. The van der Waals surface area contributed by atoms with Crippen LogP contribution in [-0.4, -0.2) is 45.5 Å². The van der Waals surface area contributed by atoms with E-state index in [-0.39, 0.29) is 48.5 Å². The highest BCUT2D eigenvalue weighted by Crippen LogP contribution is 2.35. The number of aromatic nitrogens is 1. The molecule has 1 aliphatic heterocycles. The van der Waals surface area contributed by atoms with Gasteiger partial charge in [0.15, 0.2) is 0 Å². The van der Waals surface area contributed by atoms with Gasteiger partial charge in [0, 0.05) is 25.4 Å². The molecule has 2 heterocycles. The van der Waals surface area contributed by atoms with Crippen LogP contribution < -0.4 is 5.32 Å². The highest BCUT2D eigenvalue weighted by molar-refractivity contribution is 7.13. The number of aliphatic hydroxyl groups is 1. The van der Waals surface area contributed by atoms with Crippen LogP contribution in [0.3, 0.4) is 0 Å². The van der Waals surface area contributed by atoms with Crippen molar-refractivity contribution in [1.82, 2.24) is 15.2 Å². The Bertz CT molecular complexity index is 1100. The molecule has 1 aromatic heterocycles. The van der Waals surface area contributed by atoms with Gasteiger partial charge in [0.05, 0.1) is 22.2 Å². The number of β-amino-alcohol motifs (C(OH)–C–C–N with tert-alkyl or cyclic N) is 1. The summed E-state index contributed by atoms with van der Waals surface area (Å²) < 4.78 is 0. The molecule has 2 N–H and O–H groups in total. The van der Waals surface area contributed by atoms with E-state index in [1.165, 1.54) is 0 Å². The molecule has 0 bridgehead atoms. The minimum atomic E-state index is -0.691. The third kappa shape index (κ3) is 5.57. The van der Waals surface area contributed by atoms with Crippen molar-refractivity contribution in [2.75, 3.05) is 6.54 Å². The normalized spacial score (nSPS) is 24.7. The third-order valence-electron chi connectivity index (χ3n) is 7.18. The molecule has 1 aromatic carbocycles. The van der Waals surface area contributed by atoms with Gasteiger partial charge >= 0.3 is 0 Å². The number of allylic oxidation sites excluding steroid dienone is 4. The van der Waals surface area contributed by atoms with Crippen LogP contribution >= 0.6 is 11.3 Å². The Morgan fingerprint density at radius 1 is 1.20 bits per heavy atom. The fraction of sp³-hybridized carbons (Fsp3) is 0.464. The summed E-state index contributed by atoms with van der Waals surface area (Å²) in [6.45, 7) is 8.80. The largest absolute Gasteiger partial charge is 0.391 e. The minimum absolute atomic E-state index is 0.0437. The van der Waals surface area contributed by atoms with E-state index in [0.29, 0.717) is 6.54 Å². The van der Waals surface area contributed by atoms with Crippen LogP contribution in [0, 0.1) is 30.6 Å². The zero-order chi connectivity index (χ0) is 25.1. The Hall–Kier alpha value is -2.77. The van der Waals surface area contributed by atoms with Crippen LogP contribution in [0.4, 0.5) is 0 Å². The summed E-state index contributed by atoms with van der Waals surface area (Å²) in [6, 6.07) is 7.42. The average molecular weight is 494 g/mol. The Labute approximate surface area is 211 Å². The highest BCUT2D eigenvalue weighted by atomic mass is 32.1. The first-order valence-electron chi connectivity index (χ1n) is 12.4. The maximum Gasteiger partial charge on any atom is 0.243 e. The summed E-state index contributed by atoms with van der Waals surface area (Å²) in [5.41, 5.74) is 4.94. The molecule has 6 nitrogen and oxygen atoms in total. The van der Waals surface area contributed by atoms with Gasteiger partial charge in [-0.2, -0.15) is 0 Å². The Morgan fingerprint density at radius 2 is 1.91 bits per heavy atom. The van der Waals surface area contributed by atoms with E-state index < -0.39 is 12.1 Å². The zero-order valence-electron chi connectivity index (χ0n) is 20.8. The number of aryl methyl sites for hydroxylation is 1. The predicted octanol–water partition coefficient (Wildman–Crippen LogP) is 4.35. The average Bonchev–Trinajstić information content (AvgIpc) is 3.44. The summed E-state index contributed by atoms with van der Waals surface area (Å²) in [5.74, 6) is -0.0602. The molecule has 4 rings (SSSR count). The monoisotopic (exact) mass is 493 g/mol. The summed E-state index contributed by atoms with van der Waals surface area (Å²) in [7, 11) is 0. The van der Waals surface area contributed by atoms with Gasteiger partial charge in [-0.25, -0.2) is 4.98 Å². The zero-order valence-corrected chi connectivity index (χ0v) is 21.7. The summed E-state index contributed by atoms with van der Waals surface area (Å²) in [6.07, 6.45) is 7.82. The first-order chi connectivity index (χ1) is 16.8. The molecule has 5 atom stereocenters. The molecular formula is C28H35N3O3S. The fourth-order valence-electron chi connectivity index (χ4n) is 5.23. The number of hydrogen-bond donors (Lipinski definition) is 2. The van der Waals surface area contributed by atoms with Crippen LogP contribution in [0.25, 0.3) is 10.4 Å². The molecule has 2 aromatic rings. The number of likely N-dealkylation sites (tertiary alicyclic amines) is 1. The van der Waals surface area contributed by atoms with E-state index in [0.717, 1.165) is 21.7 Å². The molecule has 7 heteroatoms. The molecule has 1 fully saturated rings. The van der Waals surface area contributed by atoms with Crippen LogP contribution in [0.5, 0.6) is 0 Å². The molecule has 2 unspecified atom stereocenters. The number of benzene rings is 1. The van der Waals surface area contributed by atoms with Crippen LogP contribution in [0.15, 0.2) is 54.1 Å². The number of hydrogen-bond acceptors (Lipinski definition) is 5. The molecule has 1 aliphatic carbocycles. The van der Waals surface area contributed by atoms with Gasteiger partial charge in [-0.05, 0) is 35.8 Å². The summed E-state index contributed by atoms with van der Waals surface area (Å²) in [4.78, 5) is 33.9. The molecule has 186 valence electrons. The van der Waals surface area contributed by atoms with Crippen molar-refractivity contribution in [3.63, 3.8) is 0 Å². The quantitative estimate of drug-likeness (QED) is 0.601. The van der Waals surface area contributed by atoms with Gasteiger partial charge in [0.1, 0.15) is 6.04 Å². The molecule has 35 heavy (non-hydrogen) atoms. The summed E-state index contributed by atoms with van der Waals surface area (Å²) in [5, 5.41) is 13.4. The number of nitrogens with one attached hydrogen (secondary N) is 1. The van der Waals surface area contributed by atoms with E-state index in [1.54, 1.807) is 16.2 Å². The van der Waals surface area contributed by atoms with Crippen molar-refractivity contribution in [2.45, 2.75) is 52.8 Å². The van der Waals surface area contributed by atoms with Crippen molar-refractivity contribution >= 4 is 23.2 Å². The molecular weight excluding hydrogens is 458 g/mol. The van der Waals surface area contributed by atoms with Crippen LogP contribution in [-0.2, 0) is 16.1 Å². The van der Waals surface area contributed by atoms with Crippen LogP contribution in [0.1, 0.15) is 38.4 Å². The predicted molar refractivity (Wildman–Crippen MR) is 140 cm³/mol. The van der Waals surface area contributed by atoms with Crippen molar-refractivity contribution in [2.24, 2.45) is 23.7 Å². The topological polar surface area (TPSA) is 82.5 Å². The van der Waals surface area contributed by atoms with Crippen molar-refractivity contribution < 1.29 is 14.7 Å². The van der Waals surface area contributed by atoms with Crippen molar-refractivity contribution in [3.05, 3.63) is 65.3 Å². The molecule has 0 radical (unpaired) electrons. The molecule has 0 saturated carbocycles. The number of nitrogens with zero attached hydrogens (tertiary/aromatic N) is 2. The van der Waals surface area contributed by atoms with E-state index in [1.807, 2.05) is 48.9 Å². The Kier molecular flexibility index (Phi) is 7.87. The Balaban J connectivity index is 1.43. The van der Waals surface area contributed by atoms with E-state index in [4.69, 9.17) is 0 Å². The van der Waals surface area contributed by atoms with Crippen molar-refractivity contribution in [1.29, 1.82) is 0 Å². The minimum Gasteiger partial charge on any atom is -0.391 e. The number of rotatable bonds is 7. The lowest BCUT2D eigenvalue weighted by atomic mass is 9.74. The lowest BCUT2D eigenvalue weighted by Crippen LogP contribution is -2.50. The number of aliphatic hydroxyl groups excluding tert-OH is 1. The van der Waals surface area contributed by atoms with Gasteiger partial charge in [-0.3, -0.25) is 9.59 Å². The number of thiazole rings is 1. The van der Waals surface area contributed by atoms with Crippen molar-refractivity contribution in [3.8, 4) is 10.4 Å². The molecule has 2 aliphatic rings. The fourth-order valence-corrected chi connectivity index (χ4v) is 6.05. The summed E-state index contributed by atoms with van der Waals surface area (Å²) >= 11 is 1.61. The second-order valence-electron chi connectivity index (χ2n) is 10.1. The van der Waals surface area contributed by atoms with E-state index >= 15 is 0 Å². The maximum absolute atomic E-state index is 13.7. The van der Waals surface area contributed by atoms with Gasteiger partial charge in [0.2, 0.25) is 11.8 Å². The van der Waals surface area contributed by atoms with Gasteiger partial charge in [0.25, 0.3) is 0 Å². The smallest absolute Gasteiger partial charge is 0.243 e. The van der Waals surface area contributed by atoms with E-state index in [9.17, 15) is 14.7 Å². The molecule has 1 saturated heterocycles. The van der Waals surface area contributed by atoms with Gasteiger partial charge in [-0.15, -0.1) is 11.3 Å². The lowest BCUT2D eigenvalue weighted by molar-refractivity contribution is -0.144. The van der Waals surface area contributed by atoms with E-state index in [2.05, 4.69) is 43.2 Å². The first-order valence-corrected chi connectivity index (χ1v) is 13.2. The second-order valence-corrected chi connectivity index (χ2v) is 10.9. The van der Waals surface area contributed by atoms with Gasteiger partial charge in [-0.1, -0.05) is 69.3 Å². The Morgan fingerprint density at radius 3 is 2.54 bits per heavy atom. The van der Waals surface area contributed by atoms with Crippen LogP contribution in [0.2, 0.25) is 0 Å². The SMILES string of the molecule is Cc1ncsc1-c1ccc(CNC(=O)[C@@H]2C[C@@H](O)CN2C(=O)[C@H](C(C)C)C2C=CC=CC2C)cc1. The molecule has 0 spiro atoms. The number of carbonyl (C=O) groups excluding carboxylic acids is 2. The lowest BCUT2D eigenvalue weighted by Gasteiger charge is -2.36. The standard InChI is InChI=1S/C28H35N3O3S/c1-17(2)25(23-8-6-5-7-18(23)3)28(34)31-15-22(32)13-24(31)27(33)29-14-20-9-11-21(12-10-20)26-19(4)30-16-35-26/h5-12,16-18,22-25,32H,13-15H2,1-4H3,(H,29,33)/t18?,22-,23?,24+,25-/m1/s1. The second kappa shape index (κ2) is 10.9. The molecule has 2 amide bonds. The first kappa shape index (κ1) is 25.3. The van der Waals surface area contributed by atoms with Gasteiger partial charge < -0.3 is 15.3 Å². The highest BCUT2D eigenvalue weighted by Gasteiger charge is 2.44. The maximum atomic E-state index is 13.7.